The second-order valence-electron chi connectivity index (χ2n) is 2.12. The molecule has 5 heteroatoms. The van der Waals surface area contributed by atoms with Gasteiger partial charge in [-0.05, 0) is 13.0 Å². The molecular weight excluding hydrogens is 160 g/mol. The van der Waals surface area contributed by atoms with E-state index >= 15 is 0 Å². The van der Waals surface area contributed by atoms with E-state index < -0.39 is 0 Å². The molecule has 0 bridgehead atoms. The predicted octanol–water partition coefficient (Wildman–Crippen LogP) is 0.00142. The number of anilines is 1. The molecule has 0 fully saturated rings. The summed E-state index contributed by atoms with van der Waals surface area (Å²) in [5.41, 5.74) is 12.0. The van der Waals surface area contributed by atoms with Crippen molar-refractivity contribution in [3.05, 3.63) is 17.5 Å². The Labute approximate surface area is 69.6 Å². The Hall–Kier alpha value is -1.23. The first-order valence-corrected chi connectivity index (χ1v) is 3.41. The van der Waals surface area contributed by atoms with Gasteiger partial charge >= 0.3 is 0 Å². The van der Waals surface area contributed by atoms with Crippen LogP contribution >= 0.6 is 12.2 Å². The fraction of sp³-hybridized carbons (Fsp3) is 0.167. The molecule has 1 rings (SSSR count). The average Bonchev–Trinajstić information content (AvgIpc) is 1.85. The van der Waals surface area contributed by atoms with Crippen LogP contribution < -0.4 is 11.5 Å². The quantitative estimate of drug-likeness (QED) is 0.577. The predicted molar refractivity (Wildman–Crippen MR) is 47.1 cm³/mol. The van der Waals surface area contributed by atoms with Gasteiger partial charge in [0.1, 0.15) is 10.7 Å². The van der Waals surface area contributed by atoms with Crippen molar-refractivity contribution in [2.45, 2.75) is 6.92 Å². The molecule has 4 nitrogen and oxygen atoms in total. The molecule has 0 aliphatic heterocycles. The van der Waals surface area contributed by atoms with Crippen LogP contribution in [0, 0.1) is 6.92 Å². The topological polar surface area (TPSA) is 77.8 Å². The Kier molecular flexibility index (Phi) is 2.00. The van der Waals surface area contributed by atoms with Gasteiger partial charge in [0.05, 0.1) is 0 Å². The smallest absolute Gasteiger partial charge is 0.220 e. The lowest BCUT2D eigenvalue weighted by Gasteiger charge is -1.99. The number of hydrogen-bond acceptors (Lipinski definition) is 4. The first-order chi connectivity index (χ1) is 5.09. The van der Waals surface area contributed by atoms with Crippen molar-refractivity contribution in [3.8, 4) is 0 Å². The standard InChI is InChI=1S/C6H8N4S/c1-3-2-4(5(7)11)10-6(8)9-3/h2H,1H3,(H2,7,11)(H2,8,9,10). The van der Waals surface area contributed by atoms with Crippen molar-refractivity contribution in [2.75, 3.05) is 5.73 Å². The number of nitrogens with two attached hydrogens (primary N) is 2. The number of thiocarbonyl (C=S) groups is 1. The summed E-state index contributed by atoms with van der Waals surface area (Å²) in [6, 6.07) is 1.69. The molecule has 0 aliphatic rings. The lowest BCUT2D eigenvalue weighted by atomic mass is 10.3. The van der Waals surface area contributed by atoms with Gasteiger partial charge < -0.3 is 11.5 Å². The molecule has 0 saturated carbocycles. The summed E-state index contributed by atoms with van der Waals surface area (Å²) in [6.45, 7) is 1.81. The summed E-state index contributed by atoms with van der Waals surface area (Å²) in [4.78, 5) is 7.94. The Morgan fingerprint density at radius 1 is 1.55 bits per heavy atom. The maximum absolute atomic E-state index is 5.36. The van der Waals surface area contributed by atoms with E-state index in [-0.39, 0.29) is 10.9 Å². The Morgan fingerprint density at radius 3 is 2.64 bits per heavy atom. The minimum absolute atomic E-state index is 0.202. The van der Waals surface area contributed by atoms with Crippen molar-refractivity contribution < 1.29 is 0 Å². The van der Waals surface area contributed by atoms with Gasteiger partial charge in [0, 0.05) is 5.69 Å². The van der Waals surface area contributed by atoms with Crippen LogP contribution in [0.4, 0.5) is 5.95 Å². The van der Waals surface area contributed by atoms with Gasteiger partial charge in [-0.2, -0.15) is 0 Å². The van der Waals surface area contributed by atoms with E-state index in [1.807, 2.05) is 0 Å². The highest BCUT2D eigenvalue weighted by atomic mass is 32.1. The fourth-order valence-electron chi connectivity index (χ4n) is 0.718. The first kappa shape index (κ1) is 7.87. The molecule has 4 N–H and O–H groups in total. The van der Waals surface area contributed by atoms with Crippen molar-refractivity contribution >= 4 is 23.2 Å². The molecule has 0 saturated heterocycles. The number of aromatic nitrogens is 2. The van der Waals surface area contributed by atoms with E-state index in [9.17, 15) is 0 Å². The van der Waals surface area contributed by atoms with Crippen LogP contribution in [0.5, 0.6) is 0 Å². The third-order valence-electron chi connectivity index (χ3n) is 1.12. The molecule has 58 valence electrons. The van der Waals surface area contributed by atoms with Crippen LogP contribution in [0.25, 0.3) is 0 Å². The van der Waals surface area contributed by atoms with Gasteiger partial charge in [-0.15, -0.1) is 0 Å². The highest BCUT2D eigenvalue weighted by Gasteiger charge is 2.00. The second kappa shape index (κ2) is 2.79. The summed E-state index contributed by atoms with van der Waals surface area (Å²) < 4.78 is 0. The monoisotopic (exact) mass is 168 g/mol. The number of hydrogen-bond donors (Lipinski definition) is 2. The van der Waals surface area contributed by atoms with Gasteiger partial charge in [-0.3, -0.25) is 0 Å². The number of nitrogens with zero attached hydrogens (tertiary/aromatic N) is 2. The minimum atomic E-state index is 0.202. The van der Waals surface area contributed by atoms with E-state index in [2.05, 4.69) is 9.97 Å². The molecule has 1 aromatic rings. The van der Waals surface area contributed by atoms with Gasteiger partial charge in [0.2, 0.25) is 5.95 Å². The third-order valence-corrected chi connectivity index (χ3v) is 1.33. The maximum Gasteiger partial charge on any atom is 0.220 e. The number of aryl methyl sites for hydroxylation is 1. The summed E-state index contributed by atoms with van der Waals surface area (Å²) >= 11 is 4.71. The SMILES string of the molecule is Cc1cc(C(N)=S)nc(N)n1. The summed E-state index contributed by atoms with van der Waals surface area (Å²) in [5, 5.41) is 0. The fourth-order valence-corrected chi connectivity index (χ4v) is 0.822. The number of nitrogen functional groups attached to an aromatic ring is 1. The molecule has 0 radical (unpaired) electrons. The molecule has 11 heavy (non-hydrogen) atoms. The Bertz CT molecular complexity index is 276. The van der Waals surface area contributed by atoms with Crippen LogP contribution in [0.2, 0.25) is 0 Å². The maximum atomic E-state index is 5.36. The largest absolute Gasteiger partial charge is 0.388 e. The van der Waals surface area contributed by atoms with E-state index in [4.69, 9.17) is 23.7 Å². The lowest BCUT2D eigenvalue weighted by Crippen LogP contribution is -2.13. The molecule has 1 heterocycles. The van der Waals surface area contributed by atoms with Crippen molar-refractivity contribution in [1.82, 2.24) is 9.97 Å². The van der Waals surface area contributed by atoms with E-state index in [0.29, 0.717) is 5.69 Å². The van der Waals surface area contributed by atoms with Crippen LogP contribution in [0.15, 0.2) is 6.07 Å². The van der Waals surface area contributed by atoms with E-state index in [0.717, 1.165) is 5.69 Å². The summed E-state index contributed by atoms with van der Waals surface area (Å²) in [7, 11) is 0. The van der Waals surface area contributed by atoms with Gasteiger partial charge in [-0.25, -0.2) is 9.97 Å². The number of rotatable bonds is 1. The molecule has 0 aliphatic carbocycles. The van der Waals surface area contributed by atoms with Gasteiger partial charge in [0.15, 0.2) is 0 Å². The van der Waals surface area contributed by atoms with Gasteiger partial charge in [0.25, 0.3) is 0 Å². The molecule has 0 spiro atoms. The zero-order chi connectivity index (χ0) is 8.43. The normalized spacial score (nSPS) is 9.55. The lowest BCUT2D eigenvalue weighted by molar-refractivity contribution is 1.11. The summed E-state index contributed by atoms with van der Waals surface area (Å²) in [5.74, 6) is 0.202. The third kappa shape index (κ3) is 1.84. The molecule has 0 aromatic carbocycles. The first-order valence-electron chi connectivity index (χ1n) is 3.00. The summed E-state index contributed by atoms with van der Waals surface area (Å²) in [6.07, 6.45) is 0. The van der Waals surface area contributed by atoms with Crippen LogP contribution in [0.1, 0.15) is 11.4 Å². The van der Waals surface area contributed by atoms with Gasteiger partial charge in [-0.1, -0.05) is 12.2 Å². The van der Waals surface area contributed by atoms with Crippen LogP contribution in [0.3, 0.4) is 0 Å². The molecular formula is C6H8N4S. The van der Waals surface area contributed by atoms with E-state index in [1.54, 1.807) is 13.0 Å². The van der Waals surface area contributed by atoms with Crippen LogP contribution in [-0.2, 0) is 0 Å². The molecule has 0 amide bonds. The highest BCUT2D eigenvalue weighted by Crippen LogP contribution is 2.00. The van der Waals surface area contributed by atoms with Crippen molar-refractivity contribution in [3.63, 3.8) is 0 Å². The molecule has 0 unspecified atom stereocenters. The Balaban J connectivity index is 3.19. The van der Waals surface area contributed by atoms with Crippen molar-refractivity contribution in [2.24, 2.45) is 5.73 Å². The zero-order valence-corrected chi connectivity index (χ0v) is 6.85. The zero-order valence-electron chi connectivity index (χ0n) is 6.03. The van der Waals surface area contributed by atoms with Crippen LogP contribution in [-0.4, -0.2) is 15.0 Å². The minimum Gasteiger partial charge on any atom is -0.388 e. The average molecular weight is 168 g/mol. The molecule has 0 atom stereocenters. The van der Waals surface area contributed by atoms with Crippen molar-refractivity contribution in [1.29, 1.82) is 0 Å². The molecule has 1 aromatic heterocycles. The second-order valence-corrected chi connectivity index (χ2v) is 2.56. The Morgan fingerprint density at radius 2 is 2.18 bits per heavy atom. The van der Waals surface area contributed by atoms with E-state index in [1.165, 1.54) is 0 Å². The highest BCUT2D eigenvalue weighted by molar-refractivity contribution is 7.80.